The fourth-order valence-electron chi connectivity index (χ4n) is 2.84. The topological polar surface area (TPSA) is 47.3 Å². The van der Waals surface area contributed by atoms with Gasteiger partial charge in [0.05, 0.1) is 31.1 Å². The van der Waals surface area contributed by atoms with Gasteiger partial charge < -0.3 is 14.5 Å². The molecule has 0 unspecified atom stereocenters. The third-order valence-corrected chi connectivity index (χ3v) is 4.78. The van der Waals surface area contributed by atoms with Crippen LogP contribution >= 0.6 is 11.3 Å². The van der Waals surface area contributed by atoms with E-state index in [0.717, 1.165) is 40.2 Å². The van der Waals surface area contributed by atoms with Crippen molar-refractivity contribution < 1.29 is 9.15 Å². The highest BCUT2D eigenvalue weighted by molar-refractivity contribution is 7.08. The van der Waals surface area contributed by atoms with Crippen molar-refractivity contribution in [1.82, 2.24) is 10.3 Å². The van der Waals surface area contributed by atoms with Crippen LogP contribution in [0.2, 0.25) is 0 Å². The fraction of sp³-hybridized carbons (Fsp3) is 0.150. The lowest BCUT2D eigenvalue weighted by atomic mass is 10.0. The number of fused-ring (bicyclic) bond motifs is 1. The highest BCUT2D eigenvalue weighted by Crippen LogP contribution is 2.29. The Labute approximate surface area is 150 Å². The molecule has 3 heterocycles. The third kappa shape index (κ3) is 3.43. The summed E-state index contributed by atoms with van der Waals surface area (Å²) >= 11 is 1.68. The van der Waals surface area contributed by atoms with Crippen molar-refractivity contribution in [2.45, 2.75) is 13.1 Å². The van der Waals surface area contributed by atoms with Crippen LogP contribution in [0.5, 0.6) is 5.75 Å². The lowest BCUT2D eigenvalue weighted by Gasteiger charge is -2.11. The van der Waals surface area contributed by atoms with E-state index in [1.807, 2.05) is 24.3 Å². The van der Waals surface area contributed by atoms with Gasteiger partial charge in [-0.1, -0.05) is 0 Å². The van der Waals surface area contributed by atoms with Crippen LogP contribution in [-0.4, -0.2) is 12.1 Å². The molecule has 25 heavy (non-hydrogen) atoms. The zero-order valence-electron chi connectivity index (χ0n) is 13.9. The summed E-state index contributed by atoms with van der Waals surface area (Å²) in [5, 5.41) is 8.75. The van der Waals surface area contributed by atoms with Crippen LogP contribution in [-0.2, 0) is 13.1 Å². The maximum Gasteiger partial charge on any atom is 0.121 e. The van der Waals surface area contributed by atoms with Crippen LogP contribution in [0.4, 0.5) is 0 Å². The zero-order valence-corrected chi connectivity index (χ0v) is 14.7. The summed E-state index contributed by atoms with van der Waals surface area (Å²) in [5.41, 5.74) is 4.26. The van der Waals surface area contributed by atoms with E-state index < -0.39 is 0 Å². The molecular weight excluding hydrogens is 332 g/mol. The van der Waals surface area contributed by atoms with Crippen molar-refractivity contribution in [1.29, 1.82) is 0 Å². The molecule has 0 aliphatic heterocycles. The smallest absolute Gasteiger partial charge is 0.121 e. The van der Waals surface area contributed by atoms with Gasteiger partial charge in [0, 0.05) is 28.9 Å². The molecule has 0 radical (unpaired) electrons. The first-order valence-electron chi connectivity index (χ1n) is 8.07. The Balaban J connectivity index is 1.68. The van der Waals surface area contributed by atoms with Crippen molar-refractivity contribution in [3.8, 4) is 17.0 Å². The molecule has 3 aromatic heterocycles. The summed E-state index contributed by atoms with van der Waals surface area (Å²) in [6.45, 7) is 1.41. The number of aromatic nitrogens is 1. The number of rotatable bonds is 6. The van der Waals surface area contributed by atoms with Gasteiger partial charge in [0.1, 0.15) is 11.5 Å². The molecule has 4 aromatic rings. The molecule has 0 spiro atoms. The van der Waals surface area contributed by atoms with Gasteiger partial charge in [-0.2, -0.15) is 11.3 Å². The summed E-state index contributed by atoms with van der Waals surface area (Å²) in [7, 11) is 1.67. The minimum atomic E-state index is 0.691. The molecular formula is C20H18N2O2S. The van der Waals surface area contributed by atoms with E-state index in [0.29, 0.717) is 6.54 Å². The van der Waals surface area contributed by atoms with Gasteiger partial charge in [-0.15, -0.1) is 0 Å². The Kier molecular flexibility index (Phi) is 4.50. The minimum Gasteiger partial charge on any atom is -0.497 e. The lowest BCUT2D eigenvalue weighted by Crippen LogP contribution is -2.13. The predicted octanol–water partition coefficient (Wildman–Crippen LogP) is 4.85. The Bertz CT molecular complexity index is 963. The van der Waals surface area contributed by atoms with Gasteiger partial charge in [0.25, 0.3) is 0 Å². The van der Waals surface area contributed by atoms with Gasteiger partial charge in [-0.25, -0.2) is 4.98 Å². The highest BCUT2D eigenvalue weighted by atomic mass is 32.1. The first-order chi connectivity index (χ1) is 12.3. The summed E-state index contributed by atoms with van der Waals surface area (Å²) in [4.78, 5) is 4.91. The van der Waals surface area contributed by atoms with E-state index in [2.05, 4.69) is 34.3 Å². The Morgan fingerprint density at radius 3 is 2.88 bits per heavy atom. The van der Waals surface area contributed by atoms with Crippen LogP contribution in [0.25, 0.3) is 22.2 Å². The van der Waals surface area contributed by atoms with Gasteiger partial charge in [0.15, 0.2) is 0 Å². The number of ether oxygens (including phenoxy) is 1. The van der Waals surface area contributed by atoms with Crippen molar-refractivity contribution in [2.24, 2.45) is 0 Å². The number of nitrogens with zero attached hydrogens (tertiary/aromatic N) is 1. The minimum absolute atomic E-state index is 0.691. The lowest BCUT2D eigenvalue weighted by molar-refractivity contribution is 0.415. The summed E-state index contributed by atoms with van der Waals surface area (Å²) in [6.07, 6.45) is 1.69. The number of benzene rings is 1. The average molecular weight is 350 g/mol. The van der Waals surface area contributed by atoms with E-state index >= 15 is 0 Å². The molecule has 0 amide bonds. The van der Waals surface area contributed by atoms with Crippen LogP contribution < -0.4 is 10.1 Å². The number of hydrogen-bond acceptors (Lipinski definition) is 5. The zero-order chi connectivity index (χ0) is 17.1. The fourth-order valence-corrected chi connectivity index (χ4v) is 3.48. The second kappa shape index (κ2) is 7.09. The molecule has 1 aromatic carbocycles. The molecule has 4 nitrogen and oxygen atoms in total. The van der Waals surface area contributed by atoms with Crippen LogP contribution in [0.3, 0.4) is 0 Å². The molecule has 126 valence electrons. The van der Waals surface area contributed by atoms with Gasteiger partial charge >= 0.3 is 0 Å². The van der Waals surface area contributed by atoms with Gasteiger partial charge in [0.2, 0.25) is 0 Å². The largest absolute Gasteiger partial charge is 0.497 e. The first-order valence-corrected chi connectivity index (χ1v) is 9.01. The van der Waals surface area contributed by atoms with Crippen LogP contribution in [0.15, 0.2) is 63.9 Å². The molecule has 0 fully saturated rings. The molecule has 0 saturated carbocycles. The Hall–Kier alpha value is -2.63. The number of hydrogen-bond donors (Lipinski definition) is 1. The van der Waals surface area contributed by atoms with Crippen LogP contribution in [0, 0.1) is 0 Å². The molecule has 0 atom stereocenters. The second-order valence-corrected chi connectivity index (χ2v) is 6.53. The maximum absolute atomic E-state index is 5.38. The van der Waals surface area contributed by atoms with E-state index in [9.17, 15) is 0 Å². The van der Waals surface area contributed by atoms with Crippen molar-refractivity contribution in [2.75, 3.05) is 7.11 Å². The number of methoxy groups -OCH3 is 1. The molecule has 0 bridgehead atoms. The van der Waals surface area contributed by atoms with Crippen LogP contribution in [0.1, 0.15) is 11.3 Å². The van der Waals surface area contributed by atoms with Gasteiger partial charge in [-0.3, -0.25) is 0 Å². The molecule has 1 N–H and O–H groups in total. The first kappa shape index (κ1) is 15.9. The molecule has 5 heteroatoms. The molecule has 0 aliphatic rings. The third-order valence-electron chi connectivity index (χ3n) is 4.09. The summed E-state index contributed by atoms with van der Waals surface area (Å²) in [5.74, 6) is 1.75. The number of pyridine rings is 1. The van der Waals surface area contributed by atoms with E-state index in [4.69, 9.17) is 14.1 Å². The van der Waals surface area contributed by atoms with Crippen molar-refractivity contribution in [3.63, 3.8) is 0 Å². The predicted molar refractivity (Wildman–Crippen MR) is 101 cm³/mol. The van der Waals surface area contributed by atoms with Gasteiger partial charge in [-0.05, 0) is 47.3 Å². The molecule has 0 aliphatic carbocycles. The highest BCUT2D eigenvalue weighted by Gasteiger charge is 2.11. The molecule has 4 rings (SSSR count). The van der Waals surface area contributed by atoms with E-state index in [-0.39, 0.29) is 0 Å². The Morgan fingerprint density at radius 1 is 1.16 bits per heavy atom. The monoisotopic (exact) mass is 350 g/mol. The quantitative estimate of drug-likeness (QED) is 0.540. The van der Waals surface area contributed by atoms with Crippen molar-refractivity contribution >= 4 is 22.2 Å². The number of thiophene rings is 1. The average Bonchev–Trinajstić information content (AvgIpc) is 3.34. The summed E-state index contributed by atoms with van der Waals surface area (Å²) < 4.78 is 10.7. The Morgan fingerprint density at radius 2 is 2.12 bits per heavy atom. The maximum atomic E-state index is 5.38. The standard InChI is InChI=1S/C20H18N2O2S/c1-23-17-5-4-14-9-16(11-21-12-18-3-2-7-24-18)20(22-19(14)10-17)15-6-8-25-13-15/h2-10,13,21H,11-12H2,1H3. The molecule has 0 saturated heterocycles. The summed E-state index contributed by atoms with van der Waals surface area (Å²) in [6, 6.07) is 14.2. The normalized spacial score (nSPS) is 11.1. The van der Waals surface area contributed by atoms with E-state index in [1.165, 1.54) is 5.56 Å². The SMILES string of the molecule is COc1ccc2cc(CNCc3ccco3)c(-c3ccsc3)nc2c1. The van der Waals surface area contributed by atoms with E-state index in [1.54, 1.807) is 24.7 Å². The number of nitrogens with one attached hydrogen (secondary N) is 1. The van der Waals surface area contributed by atoms with Crippen molar-refractivity contribution in [3.05, 3.63) is 70.8 Å². The number of furan rings is 1. The second-order valence-electron chi connectivity index (χ2n) is 5.75.